The Morgan fingerprint density at radius 2 is 2.00 bits per heavy atom. The third-order valence-electron chi connectivity index (χ3n) is 0.728. The highest BCUT2D eigenvalue weighted by molar-refractivity contribution is 9.12. The lowest BCUT2D eigenvalue weighted by Crippen LogP contribution is -1.82. The van der Waals surface area contributed by atoms with Crippen molar-refractivity contribution in [3.63, 3.8) is 0 Å². The Balaban J connectivity index is 4.33. The van der Waals surface area contributed by atoms with Crippen LogP contribution >= 0.6 is 47.8 Å². The molecule has 0 spiro atoms. The lowest BCUT2D eigenvalue weighted by molar-refractivity contribution is 0.417. The SMILES string of the molecule is C/C(Br)=C\C(Br)=C(\O)CBr. The average Bonchev–Trinajstić information content (AvgIpc) is 1.85. The molecule has 1 nitrogen and oxygen atoms in total. The third-order valence-corrected chi connectivity index (χ3v) is 2.17. The van der Waals surface area contributed by atoms with Crippen LogP contribution in [0.4, 0.5) is 0 Å². The molecule has 0 aromatic heterocycles. The van der Waals surface area contributed by atoms with Gasteiger partial charge in [-0.2, -0.15) is 0 Å². The Morgan fingerprint density at radius 1 is 1.50 bits per heavy atom. The highest BCUT2D eigenvalue weighted by atomic mass is 79.9. The molecule has 0 unspecified atom stereocenters. The second kappa shape index (κ2) is 5.38. The molecule has 4 heteroatoms. The van der Waals surface area contributed by atoms with E-state index in [1.807, 2.05) is 6.92 Å². The van der Waals surface area contributed by atoms with E-state index in [0.717, 1.165) is 4.48 Å². The van der Waals surface area contributed by atoms with Gasteiger partial charge in [-0.05, 0) is 33.4 Å². The molecule has 0 fully saturated rings. The van der Waals surface area contributed by atoms with Crippen molar-refractivity contribution in [3.8, 4) is 0 Å². The first-order chi connectivity index (χ1) is 4.57. The molecule has 0 aliphatic carbocycles. The van der Waals surface area contributed by atoms with E-state index in [1.54, 1.807) is 6.08 Å². The fourth-order valence-corrected chi connectivity index (χ4v) is 2.02. The Bertz CT molecular complexity index is 168. The standard InChI is InChI=1S/C6H7Br3O/c1-4(8)2-5(9)6(10)3-7/h2,10H,3H2,1H3/b4-2+,6-5-. The van der Waals surface area contributed by atoms with Crippen LogP contribution in [0.15, 0.2) is 20.8 Å². The van der Waals surface area contributed by atoms with Crippen LogP contribution in [0.1, 0.15) is 6.92 Å². The van der Waals surface area contributed by atoms with Crippen LogP contribution in [0, 0.1) is 0 Å². The summed E-state index contributed by atoms with van der Waals surface area (Å²) in [5.74, 6) is 0.291. The molecule has 0 saturated heterocycles. The Morgan fingerprint density at radius 3 is 2.30 bits per heavy atom. The molecule has 58 valence electrons. The van der Waals surface area contributed by atoms with Crippen LogP contribution in [0.3, 0.4) is 0 Å². The van der Waals surface area contributed by atoms with Crippen LogP contribution in [0.5, 0.6) is 0 Å². The number of hydrogen-bond acceptors (Lipinski definition) is 1. The predicted molar refractivity (Wildman–Crippen MR) is 55.1 cm³/mol. The monoisotopic (exact) mass is 332 g/mol. The van der Waals surface area contributed by atoms with Gasteiger partial charge in [-0.15, -0.1) is 0 Å². The van der Waals surface area contributed by atoms with Gasteiger partial charge in [0.05, 0.1) is 9.81 Å². The van der Waals surface area contributed by atoms with Gasteiger partial charge in [-0.25, -0.2) is 0 Å². The number of hydrogen-bond donors (Lipinski definition) is 1. The summed E-state index contributed by atoms with van der Waals surface area (Å²) in [7, 11) is 0. The summed E-state index contributed by atoms with van der Waals surface area (Å²) in [6.07, 6.45) is 1.79. The molecule has 0 aliphatic rings. The predicted octanol–water partition coefficient (Wildman–Crippen LogP) is 3.84. The molecule has 0 aromatic rings. The van der Waals surface area contributed by atoms with E-state index in [9.17, 15) is 0 Å². The Hall–Kier alpha value is 0.720. The molecule has 1 N–H and O–H groups in total. The van der Waals surface area contributed by atoms with Crippen molar-refractivity contribution in [2.75, 3.05) is 5.33 Å². The van der Waals surface area contributed by atoms with E-state index in [1.165, 1.54) is 0 Å². The summed E-state index contributed by atoms with van der Waals surface area (Å²) in [6, 6.07) is 0. The quantitative estimate of drug-likeness (QED) is 0.462. The van der Waals surface area contributed by atoms with Crippen LogP contribution < -0.4 is 0 Å². The first kappa shape index (κ1) is 10.7. The Labute approximate surface area is 85.6 Å². The number of allylic oxidation sites excluding steroid dienone is 4. The maximum atomic E-state index is 9.10. The second-order valence-electron chi connectivity index (χ2n) is 1.66. The van der Waals surface area contributed by atoms with Gasteiger partial charge in [0.1, 0.15) is 5.76 Å². The summed E-state index contributed by atoms with van der Waals surface area (Å²) >= 11 is 9.56. The highest BCUT2D eigenvalue weighted by Gasteiger charge is 1.95. The summed E-state index contributed by atoms with van der Waals surface area (Å²) in [4.78, 5) is 0. The highest BCUT2D eigenvalue weighted by Crippen LogP contribution is 2.17. The first-order valence-electron chi connectivity index (χ1n) is 2.55. The smallest absolute Gasteiger partial charge is 0.117 e. The molecular formula is C6H7Br3O. The molecule has 0 aliphatic heterocycles. The second-order valence-corrected chi connectivity index (χ2v) is 4.33. The van der Waals surface area contributed by atoms with Gasteiger partial charge in [0.25, 0.3) is 0 Å². The van der Waals surface area contributed by atoms with Crippen molar-refractivity contribution in [3.05, 3.63) is 20.8 Å². The zero-order valence-corrected chi connectivity index (χ0v) is 10.1. The molecule has 0 saturated carbocycles. The molecular weight excluding hydrogens is 328 g/mol. The minimum Gasteiger partial charge on any atom is -0.510 e. The van der Waals surface area contributed by atoms with Crippen molar-refractivity contribution in [2.24, 2.45) is 0 Å². The zero-order valence-electron chi connectivity index (χ0n) is 5.37. The van der Waals surface area contributed by atoms with E-state index in [2.05, 4.69) is 47.8 Å². The zero-order chi connectivity index (χ0) is 8.15. The molecule has 0 heterocycles. The topological polar surface area (TPSA) is 20.2 Å². The van der Waals surface area contributed by atoms with Gasteiger partial charge in [0.15, 0.2) is 0 Å². The number of aliphatic hydroxyl groups is 1. The summed E-state index contributed by atoms with van der Waals surface area (Å²) < 4.78 is 1.66. The van der Waals surface area contributed by atoms with E-state index in [-0.39, 0.29) is 0 Å². The fourth-order valence-electron chi connectivity index (χ4n) is 0.322. The minimum atomic E-state index is 0.291. The van der Waals surface area contributed by atoms with Crippen molar-refractivity contribution < 1.29 is 5.11 Å². The van der Waals surface area contributed by atoms with Gasteiger partial charge < -0.3 is 5.11 Å². The Kier molecular flexibility index (Phi) is 5.77. The van der Waals surface area contributed by atoms with Crippen molar-refractivity contribution >= 4 is 47.8 Å². The van der Waals surface area contributed by atoms with E-state index in [4.69, 9.17) is 5.11 Å². The third kappa shape index (κ3) is 4.52. The van der Waals surface area contributed by atoms with Gasteiger partial charge >= 0.3 is 0 Å². The normalized spacial score (nSPS) is 15.0. The average molecular weight is 335 g/mol. The molecule has 0 atom stereocenters. The lowest BCUT2D eigenvalue weighted by atomic mass is 10.4. The van der Waals surface area contributed by atoms with Crippen LogP contribution in [-0.4, -0.2) is 10.4 Å². The molecule has 10 heavy (non-hydrogen) atoms. The molecule has 0 rings (SSSR count). The maximum absolute atomic E-state index is 9.10. The van der Waals surface area contributed by atoms with Crippen molar-refractivity contribution in [1.82, 2.24) is 0 Å². The molecule has 0 amide bonds. The van der Waals surface area contributed by atoms with Crippen molar-refractivity contribution in [1.29, 1.82) is 0 Å². The van der Waals surface area contributed by atoms with Gasteiger partial charge in [-0.3, -0.25) is 0 Å². The molecule has 0 aromatic carbocycles. The maximum Gasteiger partial charge on any atom is 0.117 e. The van der Waals surface area contributed by atoms with Gasteiger partial charge in [0, 0.05) is 0 Å². The van der Waals surface area contributed by atoms with E-state index >= 15 is 0 Å². The number of halogens is 3. The van der Waals surface area contributed by atoms with Crippen molar-refractivity contribution in [2.45, 2.75) is 6.92 Å². The summed E-state index contributed by atoms with van der Waals surface area (Å²) in [5.41, 5.74) is 0. The van der Waals surface area contributed by atoms with E-state index in [0.29, 0.717) is 15.6 Å². The van der Waals surface area contributed by atoms with E-state index < -0.39 is 0 Å². The largest absolute Gasteiger partial charge is 0.510 e. The molecule has 0 bridgehead atoms. The fraction of sp³-hybridized carbons (Fsp3) is 0.333. The van der Waals surface area contributed by atoms with Crippen LogP contribution in [0.25, 0.3) is 0 Å². The van der Waals surface area contributed by atoms with Crippen LogP contribution in [0.2, 0.25) is 0 Å². The summed E-state index contributed by atoms with van der Waals surface area (Å²) in [5, 5.41) is 9.56. The molecule has 0 radical (unpaired) electrons. The minimum absolute atomic E-state index is 0.291. The number of rotatable bonds is 2. The van der Waals surface area contributed by atoms with Gasteiger partial charge in [0.2, 0.25) is 0 Å². The van der Waals surface area contributed by atoms with Gasteiger partial charge in [-0.1, -0.05) is 31.9 Å². The van der Waals surface area contributed by atoms with Crippen LogP contribution in [-0.2, 0) is 0 Å². The number of aliphatic hydroxyl groups excluding tert-OH is 1. The summed E-state index contributed by atoms with van der Waals surface area (Å²) in [6.45, 7) is 1.89. The number of alkyl halides is 1. The lowest BCUT2D eigenvalue weighted by Gasteiger charge is -1.94. The first-order valence-corrected chi connectivity index (χ1v) is 5.26.